The molecule has 0 bridgehead atoms. The first-order chi connectivity index (χ1) is 6.81. The maximum absolute atomic E-state index is 8.56. The maximum atomic E-state index is 8.56. The Bertz CT molecular complexity index is 109. The van der Waals surface area contributed by atoms with E-state index in [0.29, 0.717) is 6.61 Å². The molecule has 3 nitrogen and oxygen atoms in total. The SMILES string of the molecule is CCCCNC(C)OCCCCCO. The van der Waals surface area contributed by atoms with Crippen molar-refractivity contribution in [2.75, 3.05) is 19.8 Å². The zero-order valence-electron chi connectivity index (χ0n) is 9.59. The van der Waals surface area contributed by atoms with Gasteiger partial charge < -0.3 is 9.84 Å². The number of hydrogen-bond donors (Lipinski definition) is 2. The molecule has 0 saturated carbocycles. The third kappa shape index (κ3) is 9.96. The minimum atomic E-state index is 0.163. The Morgan fingerprint density at radius 1 is 1.21 bits per heavy atom. The largest absolute Gasteiger partial charge is 0.396 e. The second-order valence-electron chi connectivity index (χ2n) is 3.60. The first kappa shape index (κ1) is 13.9. The summed E-state index contributed by atoms with van der Waals surface area (Å²) in [7, 11) is 0. The summed E-state index contributed by atoms with van der Waals surface area (Å²) in [6.07, 6.45) is 5.57. The molecular weight excluding hydrogens is 178 g/mol. The van der Waals surface area contributed by atoms with Crippen LogP contribution in [0.5, 0.6) is 0 Å². The summed E-state index contributed by atoms with van der Waals surface area (Å²) in [6, 6.07) is 0. The Kier molecular flexibility index (Phi) is 10.9. The summed E-state index contributed by atoms with van der Waals surface area (Å²) in [5.74, 6) is 0. The summed E-state index contributed by atoms with van der Waals surface area (Å²) < 4.78 is 5.54. The lowest BCUT2D eigenvalue weighted by Crippen LogP contribution is -2.29. The molecular formula is C11H25NO2. The fourth-order valence-electron chi connectivity index (χ4n) is 1.19. The first-order valence-electron chi connectivity index (χ1n) is 5.77. The van der Waals surface area contributed by atoms with Gasteiger partial charge in [-0.1, -0.05) is 13.3 Å². The molecule has 1 unspecified atom stereocenters. The van der Waals surface area contributed by atoms with E-state index in [0.717, 1.165) is 32.4 Å². The van der Waals surface area contributed by atoms with Crippen LogP contribution >= 0.6 is 0 Å². The molecule has 1 atom stereocenters. The van der Waals surface area contributed by atoms with Crippen LogP contribution in [0, 0.1) is 0 Å². The molecule has 0 aliphatic heterocycles. The van der Waals surface area contributed by atoms with Gasteiger partial charge in [-0.05, 0) is 39.2 Å². The van der Waals surface area contributed by atoms with Gasteiger partial charge in [-0.25, -0.2) is 0 Å². The quantitative estimate of drug-likeness (QED) is 0.421. The molecule has 0 amide bonds. The summed E-state index contributed by atoms with van der Waals surface area (Å²) >= 11 is 0. The van der Waals surface area contributed by atoms with E-state index in [-0.39, 0.29) is 6.23 Å². The van der Waals surface area contributed by atoms with Gasteiger partial charge in [0.2, 0.25) is 0 Å². The van der Waals surface area contributed by atoms with Crippen molar-refractivity contribution >= 4 is 0 Å². The summed E-state index contributed by atoms with van der Waals surface area (Å²) in [5, 5.41) is 11.9. The summed E-state index contributed by atoms with van der Waals surface area (Å²) in [4.78, 5) is 0. The number of aliphatic hydroxyl groups excluding tert-OH is 1. The molecule has 0 aromatic rings. The van der Waals surface area contributed by atoms with Crippen LogP contribution in [0.4, 0.5) is 0 Å². The van der Waals surface area contributed by atoms with E-state index in [1.807, 2.05) is 6.92 Å². The fraction of sp³-hybridized carbons (Fsp3) is 1.00. The van der Waals surface area contributed by atoms with Gasteiger partial charge in [0.1, 0.15) is 6.23 Å². The van der Waals surface area contributed by atoms with Crippen LogP contribution in [0.25, 0.3) is 0 Å². The van der Waals surface area contributed by atoms with Gasteiger partial charge in [-0.3, -0.25) is 5.32 Å². The number of nitrogens with one attached hydrogen (secondary N) is 1. The predicted molar refractivity (Wildman–Crippen MR) is 59.3 cm³/mol. The molecule has 0 saturated heterocycles. The van der Waals surface area contributed by atoms with Gasteiger partial charge in [0.25, 0.3) is 0 Å². The van der Waals surface area contributed by atoms with E-state index >= 15 is 0 Å². The molecule has 0 aliphatic carbocycles. The Morgan fingerprint density at radius 2 is 2.00 bits per heavy atom. The van der Waals surface area contributed by atoms with Crippen molar-refractivity contribution < 1.29 is 9.84 Å². The van der Waals surface area contributed by atoms with Crippen LogP contribution in [-0.4, -0.2) is 31.1 Å². The lowest BCUT2D eigenvalue weighted by molar-refractivity contribution is 0.0398. The fourth-order valence-corrected chi connectivity index (χ4v) is 1.19. The lowest BCUT2D eigenvalue weighted by atomic mass is 10.2. The number of aliphatic hydroxyl groups is 1. The zero-order chi connectivity index (χ0) is 10.6. The van der Waals surface area contributed by atoms with Gasteiger partial charge in [0.15, 0.2) is 0 Å². The summed E-state index contributed by atoms with van der Waals surface area (Å²) in [6.45, 7) is 6.35. The Labute approximate surface area is 87.8 Å². The molecule has 0 aromatic heterocycles. The molecule has 3 heteroatoms. The maximum Gasteiger partial charge on any atom is 0.105 e. The van der Waals surface area contributed by atoms with E-state index in [1.165, 1.54) is 12.8 Å². The van der Waals surface area contributed by atoms with Crippen LogP contribution in [0.2, 0.25) is 0 Å². The van der Waals surface area contributed by atoms with E-state index in [1.54, 1.807) is 0 Å². The van der Waals surface area contributed by atoms with Gasteiger partial charge in [-0.2, -0.15) is 0 Å². The van der Waals surface area contributed by atoms with Crippen molar-refractivity contribution in [3.05, 3.63) is 0 Å². The van der Waals surface area contributed by atoms with Crippen molar-refractivity contribution in [1.82, 2.24) is 5.32 Å². The Morgan fingerprint density at radius 3 is 2.64 bits per heavy atom. The molecule has 86 valence electrons. The average Bonchev–Trinajstić information content (AvgIpc) is 2.18. The Balaban J connectivity index is 3.06. The van der Waals surface area contributed by atoms with Crippen LogP contribution < -0.4 is 5.32 Å². The van der Waals surface area contributed by atoms with E-state index in [9.17, 15) is 0 Å². The van der Waals surface area contributed by atoms with E-state index < -0.39 is 0 Å². The molecule has 2 N–H and O–H groups in total. The summed E-state index contributed by atoms with van der Waals surface area (Å²) in [5.41, 5.74) is 0. The number of rotatable bonds is 10. The monoisotopic (exact) mass is 203 g/mol. The van der Waals surface area contributed by atoms with Crippen molar-refractivity contribution in [2.45, 2.75) is 52.2 Å². The van der Waals surface area contributed by atoms with E-state index in [4.69, 9.17) is 9.84 Å². The molecule has 0 aromatic carbocycles. The van der Waals surface area contributed by atoms with Crippen LogP contribution in [0.3, 0.4) is 0 Å². The first-order valence-corrected chi connectivity index (χ1v) is 5.77. The van der Waals surface area contributed by atoms with Gasteiger partial charge in [0, 0.05) is 13.2 Å². The molecule has 14 heavy (non-hydrogen) atoms. The third-order valence-corrected chi connectivity index (χ3v) is 2.13. The third-order valence-electron chi connectivity index (χ3n) is 2.13. The highest BCUT2D eigenvalue weighted by Gasteiger charge is 1.99. The molecule has 0 heterocycles. The average molecular weight is 203 g/mol. The zero-order valence-corrected chi connectivity index (χ0v) is 9.59. The molecule has 0 fully saturated rings. The van der Waals surface area contributed by atoms with Crippen molar-refractivity contribution in [3.63, 3.8) is 0 Å². The number of unbranched alkanes of at least 4 members (excludes halogenated alkanes) is 3. The minimum absolute atomic E-state index is 0.163. The molecule has 0 radical (unpaired) electrons. The van der Waals surface area contributed by atoms with Crippen LogP contribution in [-0.2, 0) is 4.74 Å². The van der Waals surface area contributed by atoms with Gasteiger partial charge in [0.05, 0.1) is 0 Å². The van der Waals surface area contributed by atoms with Crippen molar-refractivity contribution in [1.29, 1.82) is 0 Å². The highest BCUT2D eigenvalue weighted by atomic mass is 16.5. The van der Waals surface area contributed by atoms with Crippen molar-refractivity contribution in [2.24, 2.45) is 0 Å². The molecule has 0 spiro atoms. The van der Waals surface area contributed by atoms with Crippen molar-refractivity contribution in [3.8, 4) is 0 Å². The normalized spacial score (nSPS) is 13.1. The second-order valence-corrected chi connectivity index (χ2v) is 3.60. The highest BCUT2D eigenvalue weighted by molar-refractivity contribution is 4.49. The topological polar surface area (TPSA) is 41.5 Å². The Hall–Kier alpha value is -0.120. The molecule has 0 aliphatic rings. The van der Waals surface area contributed by atoms with Crippen LogP contribution in [0.15, 0.2) is 0 Å². The van der Waals surface area contributed by atoms with E-state index in [2.05, 4.69) is 12.2 Å². The van der Waals surface area contributed by atoms with Crippen LogP contribution in [0.1, 0.15) is 46.0 Å². The van der Waals surface area contributed by atoms with Gasteiger partial charge in [-0.15, -0.1) is 0 Å². The smallest absolute Gasteiger partial charge is 0.105 e. The minimum Gasteiger partial charge on any atom is -0.396 e. The second kappa shape index (κ2) is 11.0. The number of ether oxygens (including phenoxy) is 1. The highest BCUT2D eigenvalue weighted by Crippen LogP contribution is 1.96. The lowest BCUT2D eigenvalue weighted by Gasteiger charge is -2.14. The predicted octanol–water partition coefficient (Wildman–Crippen LogP) is 1.90. The van der Waals surface area contributed by atoms with Gasteiger partial charge >= 0.3 is 0 Å². The number of hydrogen-bond acceptors (Lipinski definition) is 3. The molecule has 0 rings (SSSR count). The standard InChI is InChI=1S/C11H25NO2/c1-3-4-8-12-11(2)14-10-7-5-6-9-13/h11-13H,3-10H2,1-2H3.